The fourth-order valence-corrected chi connectivity index (χ4v) is 4.68. The third-order valence-corrected chi connectivity index (χ3v) is 6.74. The van der Waals surface area contributed by atoms with Gasteiger partial charge in [-0.3, -0.25) is 9.36 Å². The van der Waals surface area contributed by atoms with Crippen molar-refractivity contribution in [2.24, 2.45) is 5.73 Å². The van der Waals surface area contributed by atoms with Gasteiger partial charge >= 0.3 is 0 Å². The van der Waals surface area contributed by atoms with Gasteiger partial charge in [-0.2, -0.15) is 4.98 Å². The molecular weight excluding hydrogens is 480 g/mol. The second kappa shape index (κ2) is 10.9. The quantitative estimate of drug-likeness (QED) is 0.430. The maximum atomic E-state index is 13.4. The summed E-state index contributed by atoms with van der Waals surface area (Å²) in [6.45, 7) is 2.68. The van der Waals surface area contributed by atoms with Gasteiger partial charge in [0.05, 0.1) is 6.54 Å². The molecule has 0 spiro atoms. The first kappa shape index (κ1) is 23.3. The molecule has 1 saturated heterocycles. The number of hydrogen-bond acceptors (Lipinski definition) is 5. The molecule has 1 aromatic heterocycles. The molecule has 2 aromatic carbocycles. The summed E-state index contributed by atoms with van der Waals surface area (Å²) in [5, 5.41) is 6.23. The van der Waals surface area contributed by atoms with E-state index in [-0.39, 0.29) is 11.9 Å². The molecule has 33 heavy (non-hydrogen) atoms. The number of amides is 1. The molecule has 1 amide bonds. The molecule has 1 fully saturated rings. The van der Waals surface area contributed by atoms with Crippen LogP contribution in [-0.4, -0.2) is 48.2 Å². The van der Waals surface area contributed by atoms with Gasteiger partial charge in [-0.05, 0) is 36.5 Å². The Bertz CT molecular complexity index is 1080. The minimum atomic E-state index is -0.137. The zero-order valence-corrected chi connectivity index (χ0v) is 20.5. The number of nitrogens with one attached hydrogen (secondary N) is 2. The lowest BCUT2D eigenvalue weighted by molar-refractivity contribution is 0.0946. The highest BCUT2D eigenvalue weighted by atomic mass is 79.9. The first-order valence-electron chi connectivity index (χ1n) is 11.4. The summed E-state index contributed by atoms with van der Waals surface area (Å²) in [5.41, 5.74) is 9.08. The number of anilines is 2. The Balaban J connectivity index is 1.64. The fourth-order valence-electron chi connectivity index (χ4n) is 4.27. The predicted molar refractivity (Wildman–Crippen MR) is 137 cm³/mol. The molecule has 1 aliphatic heterocycles. The predicted octanol–water partition coefficient (Wildman–Crippen LogP) is 3.64. The Labute approximate surface area is 203 Å². The van der Waals surface area contributed by atoms with E-state index < -0.39 is 0 Å². The van der Waals surface area contributed by atoms with Crippen LogP contribution in [0.2, 0.25) is 0 Å². The van der Waals surface area contributed by atoms with E-state index in [1.807, 2.05) is 41.0 Å². The molecule has 1 aliphatic rings. The molecule has 0 unspecified atom stereocenters. The molecule has 8 heteroatoms. The average molecular weight is 511 g/mol. The summed E-state index contributed by atoms with van der Waals surface area (Å²) in [7, 11) is 1.80. The molecule has 3 aromatic rings. The van der Waals surface area contributed by atoms with Gasteiger partial charge in [0, 0.05) is 37.2 Å². The Morgan fingerprint density at radius 1 is 1.18 bits per heavy atom. The summed E-state index contributed by atoms with van der Waals surface area (Å²) in [5.74, 6) is 1.22. The van der Waals surface area contributed by atoms with Crippen molar-refractivity contribution in [1.82, 2.24) is 14.9 Å². The van der Waals surface area contributed by atoms with Gasteiger partial charge in [-0.25, -0.2) is 0 Å². The average Bonchev–Trinajstić information content (AvgIpc) is 3.19. The fraction of sp³-hybridized carbons (Fsp3) is 0.360. The third kappa shape index (κ3) is 5.57. The van der Waals surface area contributed by atoms with Crippen LogP contribution in [-0.2, 0) is 13.0 Å². The molecule has 0 saturated carbocycles. The monoisotopic (exact) mass is 510 g/mol. The Morgan fingerprint density at radius 2 is 1.94 bits per heavy atom. The minimum absolute atomic E-state index is 0.105. The molecule has 7 nitrogen and oxygen atoms in total. The normalized spacial score (nSPS) is 16.0. The van der Waals surface area contributed by atoms with Crippen molar-refractivity contribution in [3.05, 3.63) is 75.9 Å². The third-order valence-electron chi connectivity index (χ3n) is 5.97. The topological polar surface area (TPSA) is 88.2 Å². The van der Waals surface area contributed by atoms with Crippen molar-refractivity contribution >= 4 is 33.6 Å². The number of halogens is 1. The smallest absolute Gasteiger partial charge is 0.271 e. The number of hydrogen-bond donors (Lipinski definition) is 3. The van der Waals surface area contributed by atoms with E-state index in [2.05, 4.69) is 49.7 Å². The largest absolute Gasteiger partial charge is 0.371 e. The van der Waals surface area contributed by atoms with Crippen LogP contribution in [0.25, 0.3) is 0 Å². The van der Waals surface area contributed by atoms with Crippen LogP contribution in [0.1, 0.15) is 34.5 Å². The lowest BCUT2D eigenvalue weighted by Crippen LogP contribution is -2.44. The second-order valence-corrected chi connectivity index (χ2v) is 9.23. The first-order valence-corrected chi connectivity index (χ1v) is 12.2. The number of piperidine rings is 1. The number of rotatable bonds is 8. The Morgan fingerprint density at radius 3 is 2.67 bits per heavy atom. The van der Waals surface area contributed by atoms with E-state index in [1.54, 1.807) is 7.05 Å². The zero-order valence-electron chi connectivity index (χ0n) is 18.9. The highest BCUT2D eigenvalue weighted by molar-refractivity contribution is 9.10. The van der Waals surface area contributed by atoms with E-state index in [4.69, 9.17) is 10.7 Å². The zero-order chi connectivity index (χ0) is 23.2. The molecule has 0 bridgehead atoms. The molecule has 1 atom stereocenters. The summed E-state index contributed by atoms with van der Waals surface area (Å²) < 4.78 is 3.02. The standard InChI is InChI=1S/C25H31BrN6O/c1-28-23-22(24(33)29-14-13-18-8-3-2-4-9-18)32(16-19-10-5-6-12-21(19)26)25(30-23)31-15-7-11-20(27)17-31/h2-6,8-10,12,20,28H,7,11,13-17,27H2,1H3,(H,29,33)/t20-/m1/s1. The molecule has 4 rings (SSSR count). The van der Waals surface area contributed by atoms with Gasteiger partial charge in [0.2, 0.25) is 5.95 Å². The van der Waals surface area contributed by atoms with Crippen LogP contribution in [0.4, 0.5) is 11.8 Å². The van der Waals surface area contributed by atoms with Crippen LogP contribution in [0.3, 0.4) is 0 Å². The van der Waals surface area contributed by atoms with Gasteiger partial charge < -0.3 is 21.3 Å². The van der Waals surface area contributed by atoms with E-state index in [9.17, 15) is 4.79 Å². The maximum Gasteiger partial charge on any atom is 0.271 e. The summed E-state index contributed by atoms with van der Waals surface area (Å²) in [4.78, 5) is 20.5. The number of nitrogens with zero attached hydrogens (tertiary/aromatic N) is 3. The second-order valence-electron chi connectivity index (χ2n) is 8.38. The molecule has 2 heterocycles. The van der Waals surface area contributed by atoms with Crippen LogP contribution < -0.4 is 21.3 Å². The Kier molecular flexibility index (Phi) is 7.67. The summed E-state index contributed by atoms with van der Waals surface area (Å²) in [6, 6.07) is 18.3. The number of aromatic nitrogens is 2. The van der Waals surface area contributed by atoms with Crippen molar-refractivity contribution in [1.29, 1.82) is 0 Å². The van der Waals surface area contributed by atoms with E-state index >= 15 is 0 Å². The van der Waals surface area contributed by atoms with Crippen molar-refractivity contribution in [2.45, 2.75) is 31.8 Å². The number of carbonyl (C=O) groups excluding carboxylic acids is 1. The maximum absolute atomic E-state index is 13.4. The number of benzene rings is 2. The van der Waals surface area contributed by atoms with E-state index in [1.165, 1.54) is 5.56 Å². The molecule has 4 N–H and O–H groups in total. The van der Waals surface area contributed by atoms with Crippen molar-refractivity contribution in [3.63, 3.8) is 0 Å². The van der Waals surface area contributed by atoms with Crippen LogP contribution in [0.5, 0.6) is 0 Å². The lowest BCUT2D eigenvalue weighted by Gasteiger charge is -2.32. The lowest BCUT2D eigenvalue weighted by atomic mass is 10.1. The minimum Gasteiger partial charge on any atom is -0.371 e. The molecule has 174 valence electrons. The van der Waals surface area contributed by atoms with Gasteiger partial charge in [0.1, 0.15) is 0 Å². The van der Waals surface area contributed by atoms with Crippen molar-refractivity contribution in [2.75, 3.05) is 36.9 Å². The molecule has 0 aliphatic carbocycles. The summed E-state index contributed by atoms with van der Waals surface area (Å²) >= 11 is 3.65. The van der Waals surface area contributed by atoms with Crippen LogP contribution >= 0.6 is 15.9 Å². The van der Waals surface area contributed by atoms with Gasteiger partial charge in [-0.15, -0.1) is 0 Å². The van der Waals surface area contributed by atoms with E-state index in [0.717, 1.165) is 48.3 Å². The molecular formula is C25H31BrN6O. The van der Waals surface area contributed by atoms with Gasteiger partial charge in [0.25, 0.3) is 5.91 Å². The number of carbonyl (C=O) groups is 1. The first-order chi connectivity index (χ1) is 16.1. The van der Waals surface area contributed by atoms with E-state index in [0.29, 0.717) is 24.6 Å². The van der Waals surface area contributed by atoms with Crippen molar-refractivity contribution in [3.8, 4) is 0 Å². The summed E-state index contributed by atoms with van der Waals surface area (Å²) in [6.07, 6.45) is 2.79. The van der Waals surface area contributed by atoms with Crippen molar-refractivity contribution < 1.29 is 4.79 Å². The molecule has 0 radical (unpaired) electrons. The van der Waals surface area contributed by atoms with Crippen LogP contribution in [0, 0.1) is 0 Å². The highest BCUT2D eigenvalue weighted by Crippen LogP contribution is 2.29. The van der Waals surface area contributed by atoms with Gasteiger partial charge in [0.15, 0.2) is 11.5 Å². The van der Waals surface area contributed by atoms with Gasteiger partial charge in [-0.1, -0.05) is 64.5 Å². The number of imidazole rings is 1. The number of nitrogens with two attached hydrogens (primary N) is 1. The van der Waals surface area contributed by atoms with Crippen LogP contribution in [0.15, 0.2) is 59.1 Å². The highest BCUT2D eigenvalue weighted by Gasteiger charge is 2.28. The Hall–Kier alpha value is -2.84. The SMILES string of the molecule is CNc1nc(N2CCC[C@@H](N)C2)n(Cc2ccccc2Br)c1C(=O)NCCc1ccccc1.